The first kappa shape index (κ1) is 18.3. The molecule has 0 aliphatic rings. The van der Waals surface area contributed by atoms with Gasteiger partial charge in [0.15, 0.2) is 5.82 Å². The molecule has 0 aliphatic carbocycles. The van der Waals surface area contributed by atoms with Crippen molar-refractivity contribution in [2.45, 2.75) is 26.7 Å². The van der Waals surface area contributed by atoms with Crippen LogP contribution in [0.4, 0.5) is 11.5 Å². The fourth-order valence-electron chi connectivity index (χ4n) is 2.46. The Morgan fingerprint density at radius 2 is 1.59 bits per heavy atom. The Bertz CT molecular complexity index is 961. The summed E-state index contributed by atoms with van der Waals surface area (Å²) in [4.78, 5) is 28.7. The summed E-state index contributed by atoms with van der Waals surface area (Å²) in [6.45, 7) is 5.94. The van der Waals surface area contributed by atoms with Crippen LogP contribution in [0.3, 0.4) is 0 Å². The third kappa shape index (κ3) is 4.58. The molecule has 0 atom stereocenters. The molecule has 3 aromatic rings. The smallest absolute Gasteiger partial charge is 0.258 e. The highest BCUT2D eigenvalue weighted by atomic mass is 16.5. The molecule has 138 valence electrons. The van der Waals surface area contributed by atoms with Gasteiger partial charge in [0.05, 0.1) is 11.1 Å². The number of nitrogens with zero attached hydrogens (tertiary/aromatic N) is 2. The zero-order valence-corrected chi connectivity index (χ0v) is 15.3. The SMILES string of the molecule is Cc1cc(NC(=O)c2cncc(C(=O)Nc3ccc(C(C)C)cc3)c2)no1. The minimum atomic E-state index is -0.424. The van der Waals surface area contributed by atoms with Crippen LogP contribution in [0.2, 0.25) is 0 Å². The molecule has 27 heavy (non-hydrogen) atoms. The van der Waals surface area contributed by atoms with Crippen LogP contribution in [0.5, 0.6) is 0 Å². The summed E-state index contributed by atoms with van der Waals surface area (Å²) in [5.41, 5.74) is 2.40. The summed E-state index contributed by atoms with van der Waals surface area (Å²) in [5, 5.41) is 9.11. The fraction of sp³-hybridized carbons (Fsp3) is 0.200. The number of carbonyl (C=O) groups is 2. The largest absolute Gasteiger partial charge is 0.360 e. The molecule has 2 amide bonds. The summed E-state index contributed by atoms with van der Waals surface area (Å²) < 4.78 is 4.91. The molecule has 0 unspecified atom stereocenters. The number of pyridine rings is 1. The van der Waals surface area contributed by atoms with Gasteiger partial charge in [-0.3, -0.25) is 14.6 Å². The van der Waals surface area contributed by atoms with Crippen molar-refractivity contribution in [1.82, 2.24) is 10.1 Å². The van der Waals surface area contributed by atoms with Crippen LogP contribution in [0.15, 0.2) is 53.3 Å². The van der Waals surface area contributed by atoms with E-state index in [9.17, 15) is 9.59 Å². The molecule has 7 nitrogen and oxygen atoms in total. The minimum absolute atomic E-state index is 0.249. The van der Waals surface area contributed by atoms with Gasteiger partial charge < -0.3 is 15.2 Å². The number of rotatable bonds is 5. The quantitative estimate of drug-likeness (QED) is 0.713. The molecular weight excluding hydrogens is 344 g/mol. The number of aromatic nitrogens is 2. The van der Waals surface area contributed by atoms with Gasteiger partial charge in [-0.15, -0.1) is 0 Å². The second-order valence-electron chi connectivity index (χ2n) is 6.47. The number of carbonyl (C=O) groups excluding carboxylic acids is 2. The molecule has 3 rings (SSSR count). The Balaban J connectivity index is 1.70. The van der Waals surface area contributed by atoms with Crippen LogP contribution in [-0.2, 0) is 0 Å². The number of nitrogens with one attached hydrogen (secondary N) is 2. The summed E-state index contributed by atoms with van der Waals surface area (Å²) >= 11 is 0. The van der Waals surface area contributed by atoms with Crippen LogP contribution >= 0.6 is 0 Å². The highest BCUT2D eigenvalue weighted by Gasteiger charge is 2.13. The second-order valence-corrected chi connectivity index (χ2v) is 6.47. The predicted octanol–water partition coefficient (Wildman–Crippen LogP) is 4.01. The van der Waals surface area contributed by atoms with Crippen molar-refractivity contribution in [1.29, 1.82) is 0 Å². The topological polar surface area (TPSA) is 97.1 Å². The van der Waals surface area contributed by atoms with Gasteiger partial charge in [-0.05, 0) is 36.6 Å². The first-order valence-corrected chi connectivity index (χ1v) is 8.53. The van der Waals surface area contributed by atoms with Crippen LogP contribution in [0, 0.1) is 6.92 Å². The molecule has 2 aromatic heterocycles. The highest BCUT2D eigenvalue weighted by Crippen LogP contribution is 2.18. The standard InChI is InChI=1S/C20H20N4O3/c1-12(2)14-4-6-17(7-5-14)22-19(25)15-9-16(11-21-10-15)20(26)23-18-8-13(3)27-24-18/h4-12H,1-3H3,(H,22,25)(H,23,24,26). The van der Waals surface area contributed by atoms with Crippen molar-refractivity contribution in [3.63, 3.8) is 0 Å². The number of aryl methyl sites for hydroxylation is 1. The molecule has 0 fully saturated rings. The summed E-state index contributed by atoms with van der Waals surface area (Å²) in [6, 6.07) is 10.7. The zero-order chi connectivity index (χ0) is 19.4. The predicted molar refractivity (Wildman–Crippen MR) is 102 cm³/mol. The van der Waals surface area contributed by atoms with Gasteiger partial charge in [0.2, 0.25) is 0 Å². The molecule has 7 heteroatoms. The van der Waals surface area contributed by atoms with Crippen molar-refractivity contribution >= 4 is 23.3 Å². The number of benzene rings is 1. The molecule has 2 N–H and O–H groups in total. The lowest BCUT2D eigenvalue weighted by Gasteiger charge is -2.09. The lowest BCUT2D eigenvalue weighted by atomic mass is 10.0. The highest BCUT2D eigenvalue weighted by molar-refractivity contribution is 6.08. The molecule has 0 bridgehead atoms. The Kier molecular flexibility index (Phi) is 5.30. The van der Waals surface area contributed by atoms with Gasteiger partial charge >= 0.3 is 0 Å². The lowest BCUT2D eigenvalue weighted by Crippen LogP contribution is -2.16. The summed E-state index contributed by atoms with van der Waals surface area (Å²) in [7, 11) is 0. The molecule has 0 radical (unpaired) electrons. The Hall–Kier alpha value is -3.48. The Morgan fingerprint density at radius 3 is 2.15 bits per heavy atom. The average Bonchev–Trinajstić information content (AvgIpc) is 3.07. The van der Waals surface area contributed by atoms with Gasteiger partial charge in [-0.1, -0.05) is 31.1 Å². The number of hydrogen-bond acceptors (Lipinski definition) is 5. The van der Waals surface area contributed by atoms with Crippen molar-refractivity contribution in [2.75, 3.05) is 10.6 Å². The molecule has 0 saturated carbocycles. The van der Waals surface area contributed by atoms with Gasteiger partial charge in [0.1, 0.15) is 5.76 Å². The Morgan fingerprint density at radius 1 is 0.963 bits per heavy atom. The van der Waals surface area contributed by atoms with E-state index >= 15 is 0 Å². The number of amides is 2. The third-order valence-corrected chi connectivity index (χ3v) is 3.97. The molecule has 1 aromatic carbocycles. The van der Waals surface area contributed by atoms with Crippen molar-refractivity contribution in [3.8, 4) is 0 Å². The first-order valence-electron chi connectivity index (χ1n) is 8.53. The van der Waals surface area contributed by atoms with E-state index in [0.29, 0.717) is 23.2 Å². The van der Waals surface area contributed by atoms with Crippen molar-refractivity contribution in [2.24, 2.45) is 0 Å². The monoisotopic (exact) mass is 364 g/mol. The molecule has 0 spiro atoms. The molecule has 0 saturated heterocycles. The maximum atomic E-state index is 12.5. The van der Waals surface area contributed by atoms with Crippen molar-refractivity contribution < 1.29 is 14.1 Å². The first-order chi connectivity index (χ1) is 12.9. The summed E-state index contributed by atoms with van der Waals surface area (Å²) in [5.74, 6) is 0.541. The van der Waals surface area contributed by atoms with Crippen LogP contribution in [0.25, 0.3) is 0 Å². The summed E-state index contributed by atoms with van der Waals surface area (Å²) in [6.07, 6.45) is 2.80. The van der Waals surface area contributed by atoms with Crippen LogP contribution < -0.4 is 10.6 Å². The number of anilines is 2. The van der Waals surface area contributed by atoms with Crippen molar-refractivity contribution in [3.05, 3.63) is 71.2 Å². The van der Waals surface area contributed by atoms with E-state index in [4.69, 9.17) is 4.52 Å². The Labute approximate surface area is 156 Å². The van der Waals surface area contributed by atoms with Gasteiger partial charge in [0, 0.05) is 24.1 Å². The maximum Gasteiger partial charge on any atom is 0.258 e. The van der Waals surface area contributed by atoms with Crippen LogP contribution in [0.1, 0.15) is 51.8 Å². The van der Waals surface area contributed by atoms with Gasteiger partial charge in [-0.25, -0.2) is 0 Å². The van der Waals surface area contributed by atoms with E-state index in [2.05, 4.69) is 34.6 Å². The van der Waals surface area contributed by atoms with E-state index < -0.39 is 5.91 Å². The average molecular weight is 364 g/mol. The third-order valence-electron chi connectivity index (χ3n) is 3.97. The van der Waals surface area contributed by atoms with E-state index in [1.165, 1.54) is 24.0 Å². The lowest BCUT2D eigenvalue weighted by molar-refractivity contribution is 0.102. The van der Waals surface area contributed by atoms with E-state index in [0.717, 1.165) is 0 Å². The van der Waals surface area contributed by atoms with E-state index in [1.54, 1.807) is 13.0 Å². The fourth-order valence-corrected chi connectivity index (χ4v) is 2.46. The second kappa shape index (κ2) is 7.82. The molecule has 0 aliphatic heterocycles. The minimum Gasteiger partial charge on any atom is -0.360 e. The number of hydrogen-bond donors (Lipinski definition) is 2. The normalized spacial score (nSPS) is 10.7. The molecule has 2 heterocycles. The maximum absolute atomic E-state index is 12.5. The van der Waals surface area contributed by atoms with Gasteiger partial charge in [0.25, 0.3) is 11.8 Å². The van der Waals surface area contributed by atoms with Crippen LogP contribution in [-0.4, -0.2) is 22.0 Å². The zero-order valence-electron chi connectivity index (χ0n) is 15.3. The van der Waals surface area contributed by atoms with Gasteiger partial charge in [-0.2, -0.15) is 0 Å². The van der Waals surface area contributed by atoms with E-state index in [1.807, 2.05) is 24.3 Å². The van der Waals surface area contributed by atoms with E-state index in [-0.39, 0.29) is 17.0 Å². The molecular formula is C20H20N4O3.